The molecule has 4 rings (SSSR count). The van der Waals surface area contributed by atoms with Gasteiger partial charge in [-0.25, -0.2) is 0 Å². The van der Waals surface area contributed by atoms with E-state index in [4.69, 9.17) is 4.12 Å². The first-order chi connectivity index (χ1) is 18.3. The fourth-order valence-electron chi connectivity index (χ4n) is 6.14. The third-order valence-electron chi connectivity index (χ3n) is 8.81. The molecule has 1 nitrogen and oxygen atoms in total. The molecule has 0 unspecified atom stereocenters. The van der Waals surface area contributed by atoms with E-state index in [0.717, 1.165) is 0 Å². The van der Waals surface area contributed by atoms with Gasteiger partial charge in [0.1, 0.15) is 0 Å². The average molecular weight is 551 g/mol. The van der Waals surface area contributed by atoms with E-state index in [2.05, 4.69) is 132 Å². The Morgan fingerprint density at radius 3 is 0.744 bits per heavy atom. The van der Waals surface area contributed by atoms with Gasteiger partial charge in [-0.05, 0) is 148 Å². The Morgan fingerprint density at radius 2 is 0.538 bits per heavy atom. The summed E-state index contributed by atoms with van der Waals surface area (Å²) in [5.74, 6) is 0. The zero-order chi connectivity index (χ0) is 28.8. The van der Waals surface area contributed by atoms with Crippen molar-refractivity contribution in [3.05, 3.63) is 115 Å². The first-order valence-electron chi connectivity index (χ1n) is 14.2. The topological polar surface area (TPSA) is 9.23 Å². The predicted octanol–water partition coefficient (Wildman–Crippen LogP) is 5.78. The highest BCUT2D eigenvalue weighted by Gasteiger charge is 2.32. The number of rotatable bonds is 6. The summed E-state index contributed by atoms with van der Waals surface area (Å²) in [5.41, 5.74) is 16.3. The molecule has 0 atom stereocenters. The van der Waals surface area contributed by atoms with Crippen LogP contribution in [0.1, 0.15) is 66.8 Å². The van der Waals surface area contributed by atoms with Crippen LogP contribution in [0, 0.1) is 83.1 Å². The van der Waals surface area contributed by atoms with Crippen LogP contribution in [0.3, 0.4) is 0 Å². The van der Waals surface area contributed by atoms with E-state index >= 15 is 0 Å². The van der Waals surface area contributed by atoms with Gasteiger partial charge in [0.2, 0.25) is 18.1 Å². The highest BCUT2D eigenvalue weighted by atomic mass is 28.4. The lowest BCUT2D eigenvalue weighted by Crippen LogP contribution is -2.58. The van der Waals surface area contributed by atoms with Gasteiger partial charge in [-0.1, -0.05) is 70.8 Å². The molecule has 0 heterocycles. The van der Waals surface area contributed by atoms with Crippen molar-refractivity contribution in [3.63, 3.8) is 0 Å². The van der Waals surface area contributed by atoms with Crippen LogP contribution in [0.15, 0.2) is 48.5 Å². The van der Waals surface area contributed by atoms with Crippen molar-refractivity contribution in [1.29, 1.82) is 0 Å². The maximum atomic E-state index is 7.84. The highest BCUT2D eigenvalue weighted by Crippen LogP contribution is 2.17. The average Bonchev–Trinajstić information content (AvgIpc) is 2.85. The van der Waals surface area contributed by atoms with Crippen molar-refractivity contribution in [1.82, 2.24) is 0 Å². The summed E-state index contributed by atoms with van der Waals surface area (Å²) >= 11 is 0. The second kappa shape index (κ2) is 11.4. The Balaban J connectivity index is 2.07. The molecule has 0 N–H and O–H groups in total. The Kier molecular flexibility index (Phi) is 8.56. The van der Waals surface area contributed by atoms with Crippen LogP contribution in [0.2, 0.25) is 0 Å². The van der Waals surface area contributed by atoms with Crippen molar-refractivity contribution in [2.75, 3.05) is 0 Å². The highest BCUT2D eigenvalue weighted by molar-refractivity contribution is 6.92. The van der Waals surface area contributed by atoms with Gasteiger partial charge in [0, 0.05) is 0 Å². The van der Waals surface area contributed by atoms with Crippen LogP contribution in [-0.4, -0.2) is 18.1 Å². The molecule has 0 aliphatic carbocycles. The zero-order valence-corrected chi connectivity index (χ0v) is 28.5. The molecule has 0 aromatic heterocycles. The molecule has 0 bridgehead atoms. The fourth-order valence-corrected chi connectivity index (χ4v) is 14.4. The van der Waals surface area contributed by atoms with Gasteiger partial charge in [-0.2, -0.15) is 0 Å². The molecular weight excluding hydrogens is 505 g/mol. The van der Waals surface area contributed by atoms with Gasteiger partial charge in [0.15, 0.2) is 0 Å². The van der Waals surface area contributed by atoms with Gasteiger partial charge < -0.3 is 4.12 Å². The van der Waals surface area contributed by atoms with E-state index in [1.165, 1.54) is 87.5 Å². The maximum Gasteiger partial charge on any atom is 0.229 e. The van der Waals surface area contributed by atoms with Gasteiger partial charge in [-0.15, -0.1) is 0 Å². The molecule has 0 radical (unpaired) electrons. The summed E-state index contributed by atoms with van der Waals surface area (Å²) in [6, 6.07) is 18.9. The molecule has 39 heavy (non-hydrogen) atoms. The minimum atomic E-state index is -2.08. The molecule has 0 spiro atoms. The van der Waals surface area contributed by atoms with E-state index in [9.17, 15) is 0 Å². The van der Waals surface area contributed by atoms with Crippen molar-refractivity contribution in [3.8, 4) is 0 Å². The lowest BCUT2D eigenvalue weighted by molar-refractivity contribution is 0.631. The third kappa shape index (κ3) is 5.91. The molecule has 0 saturated carbocycles. The van der Waals surface area contributed by atoms with Crippen LogP contribution in [0.5, 0.6) is 0 Å². The van der Waals surface area contributed by atoms with Crippen LogP contribution >= 0.6 is 0 Å². The molecular formula is C36H46OSi2. The Hall–Kier alpha value is -2.73. The summed E-state index contributed by atoms with van der Waals surface area (Å²) < 4.78 is 7.84. The summed E-state index contributed by atoms with van der Waals surface area (Å²) in [5, 5.41) is 5.73. The largest absolute Gasteiger partial charge is 0.446 e. The molecule has 3 heteroatoms. The molecule has 4 aromatic rings. The van der Waals surface area contributed by atoms with Crippen molar-refractivity contribution >= 4 is 38.8 Å². The summed E-state index contributed by atoms with van der Waals surface area (Å²) in [4.78, 5) is 0. The van der Waals surface area contributed by atoms with Crippen molar-refractivity contribution in [2.45, 2.75) is 83.1 Å². The number of hydrogen-bond donors (Lipinski definition) is 0. The number of aryl methyl sites for hydroxylation is 8. The summed E-state index contributed by atoms with van der Waals surface area (Å²) in [7, 11) is -4.16. The van der Waals surface area contributed by atoms with Gasteiger partial charge in [0.25, 0.3) is 0 Å². The molecule has 4 aromatic carbocycles. The van der Waals surface area contributed by atoms with E-state index in [1.807, 2.05) is 0 Å². The second-order valence-corrected chi connectivity index (χ2v) is 17.2. The molecule has 0 aliphatic rings. The van der Waals surface area contributed by atoms with Crippen molar-refractivity contribution in [2.24, 2.45) is 0 Å². The molecule has 0 aliphatic heterocycles. The first-order valence-corrected chi connectivity index (χ1v) is 17.5. The summed E-state index contributed by atoms with van der Waals surface area (Å²) in [6.07, 6.45) is 0. The Morgan fingerprint density at radius 1 is 0.333 bits per heavy atom. The Bertz CT molecular complexity index is 1330. The van der Waals surface area contributed by atoms with E-state index < -0.39 is 18.1 Å². The van der Waals surface area contributed by atoms with E-state index in [0.29, 0.717) is 0 Å². The maximum absolute atomic E-state index is 7.84. The third-order valence-corrected chi connectivity index (χ3v) is 15.6. The van der Waals surface area contributed by atoms with Crippen LogP contribution in [0.25, 0.3) is 0 Å². The quantitative estimate of drug-likeness (QED) is 0.277. The monoisotopic (exact) mass is 550 g/mol. The second-order valence-electron chi connectivity index (χ2n) is 12.1. The van der Waals surface area contributed by atoms with Crippen LogP contribution in [0.4, 0.5) is 0 Å². The van der Waals surface area contributed by atoms with Gasteiger partial charge in [-0.3, -0.25) is 0 Å². The van der Waals surface area contributed by atoms with Gasteiger partial charge >= 0.3 is 0 Å². The smallest absolute Gasteiger partial charge is 0.229 e. The fraction of sp³-hybridized carbons (Fsp3) is 0.333. The van der Waals surface area contributed by atoms with E-state index in [1.54, 1.807) is 0 Å². The lowest BCUT2D eigenvalue weighted by atomic mass is 10.1. The van der Waals surface area contributed by atoms with Crippen molar-refractivity contribution < 1.29 is 4.12 Å². The first kappa shape index (κ1) is 29.3. The zero-order valence-electron chi connectivity index (χ0n) is 26.2. The predicted molar refractivity (Wildman–Crippen MR) is 177 cm³/mol. The minimum Gasteiger partial charge on any atom is -0.446 e. The van der Waals surface area contributed by atoms with Crippen LogP contribution < -0.4 is 20.7 Å². The standard InChI is InChI=1S/C36H46OSi2/c1-21-13-25(5)29(9)33(17-21)38(34-18-22(2)14-26(6)30(34)10)37-39(35-19-23(3)15-27(7)31(35)11)36-20-24(4)16-28(8)32(36)12/h13-20,38-39H,1-12H3. The number of benzene rings is 4. The van der Waals surface area contributed by atoms with Crippen LogP contribution in [-0.2, 0) is 4.12 Å². The van der Waals surface area contributed by atoms with E-state index in [-0.39, 0.29) is 0 Å². The molecule has 0 amide bonds. The molecule has 0 fully saturated rings. The Labute approximate surface area is 240 Å². The minimum absolute atomic E-state index is 1.32. The SMILES string of the molecule is Cc1cc(C)c(C)c([SiH](O[SiH](c2cc(C)cc(C)c2C)c2cc(C)cc(C)c2C)c2cc(C)cc(C)c2C)c1. The normalized spacial score (nSPS) is 11.6. The summed E-state index contributed by atoms with van der Waals surface area (Å²) in [6.45, 7) is 27.1. The lowest BCUT2D eigenvalue weighted by Gasteiger charge is -2.31. The van der Waals surface area contributed by atoms with Gasteiger partial charge in [0.05, 0.1) is 0 Å². The number of hydrogen-bond acceptors (Lipinski definition) is 1. The molecule has 204 valence electrons. The molecule has 0 saturated heterocycles.